The lowest BCUT2D eigenvalue weighted by Crippen LogP contribution is -2.39. The van der Waals surface area contributed by atoms with Crippen molar-refractivity contribution in [1.82, 2.24) is 19.9 Å². The van der Waals surface area contributed by atoms with Crippen LogP contribution in [-0.2, 0) is 0 Å². The molecule has 1 fully saturated rings. The van der Waals surface area contributed by atoms with E-state index in [1.807, 2.05) is 47.4 Å². The first kappa shape index (κ1) is 17.6. The molecule has 5 nitrogen and oxygen atoms in total. The molecule has 1 aromatic carbocycles. The summed E-state index contributed by atoms with van der Waals surface area (Å²) in [5.41, 5.74) is 3.28. The predicted octanol–water partition coefficient (Wildman–Crippen LogP) is 4.21. The van der Waals surface area contributed by atoms with Gasteiger partial charge in [-0.2, -0.15) is 0 Å². The van der Waals surface area contributed by atoms with Crippen molar-refractivity contribution >= 4 is 17.5 Å². The quantitative estimate of drug-likeness (QED) is 0.685. The molecule has 1 amide bonds. The van der Waals surface area contributed by atoms with E-state index in [4.69, 9.17) is 16.6 Å². The Morgan fingerprint density at radius 1 is 1.15 bits per heavy atom. The van der Waals surface area contributed by atoms with Gasteiger partial charge in [0.15, 0.2) is 0 Å². The molecule has 0 radical (unpaired) electrons. The molecule has 27 heavy (non-hydrogen) atoms. The number of benzene rings is 1. The highest BCUT2D eigenvalue weighted by atomic mass is 35.5. The number of aromatic nitrogens is 3. The SMILES string of the molecule is O=C(c1cnccn1)N1CCC[C@H](c2cccc(-c3cccc(Cl)c3)n2)C1. The number of hydrogen-bond donors (Lipinski definition) is 0. The van der Waals surface area contributed by atoms with Gasteiger partial charge < -0.3 is 4.90 Å². The Hall–Kier alpha value is -2.79. The van der Waals surface area contributed by atoms with Gasteiger partial charge in [-0.3, -0.25) is 14.8 Å². The van der Waals surface area contributed by atoms with E-state index < -0.39 is 0 Å². The van der Waals surface area contributed by atoms with Crippen molar-refractivity contribution in [1.29, 1.82) is 0 Å². The lowest BCUT2D eigenvalue weighted by Gasteiger charge is -2.32. The van der Waals surface area contributed by atoms with Crippen molar-refractivity contribution in [2.45, 2.75) is 18.8 Å². The third-order valence-electron chi connectivity index (χ3n) is 4.80. The average molecular weight is 379 g/mol. The standard InChI is InChI=1S/C21H19ClN4O/c22-17-6-1-4-15(12-17)18-7-2-8-19(25-18)16-5-3-11-26(14-16)21(27)20-13-23-9-10-24-20/h1-2,4,6-10,12-13,16H,3,5,11,14H2/t16-/m0/s1. The van der Waals surface area contributed by atoms with Gasteiger partial charge in [-0.1, -0.05) is 29.8 Å². The maximum Gasteiger partial charge on any atom is 0.274 e. The minimum absolute atomic E-state index is 0.0706. The average Bonchev–Trinajstić information content (AvgIpc) is 2.74. The first-order valence-electron chi connectivity index (χ1n) is 8.99. The molecule has 136 valence electrons. The van der Waals surface area contributed by atoms with E-state index in [1.165, 1.54) is 6.20 Å². The Kier molecular flexibility index (Phi) is 5.12. The van der Waals surface area contributed by atoms with Gasteiger partial charge in [-0.05, 0) is 37.1 Å². The summed E-state index contributed by atoms with van der Waals surface area (Å²) in [6.45, 7) is 1.38. The van der Waals surface area contributed by atoms with Crippen molar-refractivity contribution in [3.63, 3.8) is 0 Å². The number of likely N-dealkylation sites (tertiary alicyclic amines) is 1. The van der Waals surface area contributed by atoms with Crippen LogP contribution in [0.4, 0.5) is 0 Å². The summed E-state index contributed by atoms with van der Waals surface area (Å²) >= 11 is 6.11. The second-order valence-corrected chi connectivity index (χ2v) is 7.08. The van der Waals surface area contributed by atoms with Crippen LogP contribution in [0.5, 0.6) is 0 Å². The molecular weight excluding hydrogens is 360 g/mol. The van der Waals surface area contributed by atoms with Crippen LogP contribution in [0.1, 0.15) is 34.9 Å². The highest BCUT2D eigenvalue weighted by Crippen LogP contribution is 2.28. The van der Waals surface area contributed by atoms with Gasteiger partial charge in [0.25, 0.3) is 5.91 Å². The van der Waals surface area contributed by atoms with E-state index in [-0.39, 0.29) is 11.8 Å². The van der Waals surface area contributed by atoms with Crippen LogP contribution >= 0.6 is 11.6 Å². The van der Waals surface area contributed by atoms with E-state index in [9.17, 15) is 4.79 Å². The largest absolute Gasteiger partial charge is 0.337 e. The molecule has 0 unspecified atom stereocenters. The fourth-order valence-electron chi connectivity index (χ4n) is 3.46. The molecule has 1 atom stereocenters. The van der Waals surface area contributed by atoms with Gasteiger partial charge in [0.05, 0.1) is 11.9 Å². The van der Waals surface area contributed by atoms with E-state index in [2.05, 4.69) is 9.97 Å². The second-order valence-electron chi connectivity index (χ2n) is 6.64. The smallest absolute Gasteiger partial charge is 0.274 e. The van der Waals surface area contributed by atoms with Crippen LogP contribution in [0.3, 0.4) is 0 Å². The highest BCUT2D eigenvalue weighted by Gasteiger charge is 2.27. The zero-order valence-corrected chi connectivity index (χ0v) is 15.5. The van der Waals surface area contributed by atoms with Crippen molar-refractivity contribution in [3.05, 3.63) is 77.5 Å². The molecule has 1 saturated heterocycles. The summed E-state index contributed by atoms with van der Waals surface area (Å²) in [5.74, 6) is 0.136. The Bertz CT molecular complexity index is 948. The van der Waals surface area contributed by atoms with Crippen LogP contribution in [-0.4, -0.2) is 38.8 Å². The fraction of sp³-hybridized carbons (Fsp3) is 0.238. The zero-order valence-electron chi connectivity index (χ0n) is 14.8. The van der Waals surface area contributed by atoms with E-state index >= 15 is 0 Å². The van der Waals surface area contributed by atoms with Crippen LogP contribution in [0.15, 0.2) is 61.1 Å². The summed E-state index contributed by atoms with van der Waals surface area (Å²) in [4.78, 5) is 27.5. The molecule has 0 bridgehead atoms. The number of nitrogens with zero attached hydrogens (tertiary/aromatic N) is 4. The highest BCUT2D eigenvalue weighted by molar-refractivity contribution is 6.30. The Morgan fingerprint density at radius 2 is 2.04 bits per heavy atom. The van der Waals surface area contributed by atoms with Gasteiger partial charge >= 0.3 is 0 Å². The number of carbonyl (C=O) groups excluding carboxylic acids is 1. The number of piperidine rings is 1. The number of hydrogen-bond acceptors (Lipinski definition) is 4. The third kappa shape index (κ3) is 3.98. The molecule has 6 heteroatoms. The molecule has 3 aromatic rings. The topological polar surface area (TPSA) is 59.0 Å². The number of pyridine rings is 1. The van der Waals surface area contributed by atoms with Crippen molar-refractivity contribution in [2.24, 2.45) is 0 Å². The minimum atomic E-state index is -0.0706. The van der Waals surface area contributed by atoms with Crippen LogP contribution in [0, 0.1) is 0 Å². The van der Waals surface area contributed by atoms with Gasteiger partial charge in [0, 0.05) is 47.7 Å². The third-order valence-corrected chi connectivity index (χ3v) is 5.04. The Morgan fingerprint density at radius 3 is 2.85 bits per heavy atom. The molecule has 0 saturated carbocycles. The maximum atomic E-state index is 12.7. The van der Waals surface area contributed by atoms with Crippen LogP contribution in [0.2, 0.25) is 5.02 Å². The van der Waals surface area contributed by atoms with E-state index in [1.54, 1.807) is 12.4 Å². The number of amides is 1. The Balaban J connectivity index is 1.55. The predicted molar refractivity (Wildman–Crippen MR) is 105 cm³/mol. The fourth-order valence-corrected chi connectivity index (χ4v) is 3.65. The first-order valence-corrected chi connectivity index (χ1v) is 9.37. The number of halogens is 1. The summed E-state index contributed by atoms with van der Waals surface area (Å²) < 4.78 is 0. The van der Waals surface area contributed by atoms with E-state index in [0.29, 0.717) is 17.3 Å². The first-order chi connectivity index (χ1) is 13.2. The number of carbonyl (C=O) groups is 1. The molecule has 1 aliphatic heterocycles. The van der Waals surface area contributed by atoms with Gasteiger partial charge in [0.2, 0.25) is 0 Å². The molecule has 1 aliphatic rings. The molecular formula is C21H19ClN4O. The van der Waals surface area contributed by atoms with Gasteiger partial charge in [-0.25, -0.2) is 4.98 Å². The minimum Gasteiger partial charge on any atom is -0.337 e. The molecule has 0 aliphatic carbocycles. The normalized spacial score (nSPS) is 16.9. The Labute approximate surface area is 163 Å². The molecule has 0 spiro atoms. The molecule has 0 N–H and O–H groups in total. The van der Waals surface area contributed by atoms with Crippen molar-refractivity contribution in [3.8, 4) is 11.3 Å². The lowest BCUT2D eigenvalue weighted by molar-refractivity contribution is 0.0699. The number of rotatable bonds is 3. The second kappa shape index (κ2) is 7.84. The van der Waals surface area contributed by atoms with Gasteiger partial charge in [-0.15, -0.1) is 0 Å². The summed E-state index contributed by atoms with van der Waals surface area (Å²) in [6.07, 6.45) is 6.59. The summed E-state index contributed by atoms with van der Waals surface area (Å²) in [7, 11) is 0. The van der Waals surface area contributed by atoms with Crippen molar-refractivity contribution in [2.75, 3.05) is 13.1 Å². The molecule has 2 aromatic heterocycles. The molecule has 4 rings (SSSR count). The lowest BCUT2D eigenvalue weighted by atomic mass is 9.93. The van der Waals surface area contributed by atoms with E-state index in [0.717, 1.165) is 36.3 Å². The molecule has 3 heterocycles. The van der Waals surface area contributed by atoms with Crippen LogP contribution < -0.4 is 0 Å². The summed E-state index contributed by atoms with van der Waals surface area (Å²) in [6, 6.07) is 13.7. The summed E-state index contributed by atoms with van der Waals surface area (Å²) in [5, 5.41) is 0.693. The maximum absolute atomic E-state index is 12.7. The van der Waals surface area contributed by atoms with Crippen LogP contribution in [0.25, 0.3) is 11.3 Å². The monoisotopic (exact) mass is 378 g/mol. The van der Waals surface area contributed by atoms with Gasteiger partial charge in [0.1, 0.15) is 5.69 Å². The zero-order chi connectivity index (χ0) is 18.6. The van der Waals surface area contributed by atoms with Crippen molar-refractivity contribution < 1.29 is 4.79 Å².